The molecule has 0 aliphatic carbocycles. The van der Waals surface area contributed by atoms with Gasteiger partial charge in [-0.2, -0.15) is 0 Å². The predicted molar refractivity (Wildman–Crippen MR) is 101 cm³/mol. The Morgan fingerprint density at radius 3 is 1.96 bits per heavy atom. The van der Waals surface area contributed by atoms with Crippen molar-refractivity contribution in [3.05, 3.63) is 100 Å². The van der Waals surface area contributed by atoms with Crippen LogP contribution in [0.4, 0.5) is 5.69 Å². The van der Waals surface area contributed by atoms with Crippen LogP contribution in [0.15, 0.2) is 89.0 Å². The van der Waals surface area contributed by atoms with Crippen LogP contribution in [0.3, 0.4) is 0 Å². The van der Waals surface area contributed by atoms with Crippen LogP contribution in [0.5, 0.6) is 0 Å². The van der Waals surface area contributed by atoms with Crippen molar-refractivity contribution in [2.75, 3.05) is 0 Å². The summed E-state index contributed by atoms with van der Waals surface area (Å²) >= 11 is 12.0. The van der Waals surface area contributed by atoms with Crippen LogP contribution in [0.25, 0.3) is 0 Å². The monoisotopic (exact) mass is 366 g/mol. The summed E-state index contributed by atoms with van der Waals surface area (Å²) in [6.45, 7) is 0. The molecule has 1 aliphatic rings. The number of hydrogen-bond acceptors (Lipinski definition) is 2. The second-order valence-corrected chi connectivity index (χ2v) is 6.52. The number of benzene rings is 3. The molecule has 0 bridgehead atoms. The molecule has 3 nitrogen and oxygen atoms in total. The van der Waals surface area contributed by atoms with Crippen molar-refractivity contribution in [2.24, 2.45) is 10.1 Å². The van der Waals surface area contributed by atoms with Crippen LogP contribution < -0.4 is 0 Å². The lowest BCUT2D eigenvalue weighted by atomic mass is 10.1. The summed E-state index contributed by atoms with van der Waals surface area (Å²) in [7, 11) is 0. The van der Waals surface area contributed by atoms with Crippen molar-refractivity contribution in [1.82, 2.24) is 0 Å². The maximum Gasteiger partial charge on any atom is 0.353 e. The summed E-state index contributed by atoms with van der Waals surface area (Å²) in [5.41, 5.74) is 2.93. The highest BCUT2D eigenvalue weighted by Crippen LogP contribution is 2.30. The van der Waals surface area contributed by atoms with Gasteiger partial charge >= 0.3 is 5.84 Å². The second-order valence-electron chi connectivity index (χ2n) is 5.65. The zero-order valence-electron chi connectivity index (χ0n) is 13.2. The fourth-order valence-electron chi connectivity index (χ4n) is 2.69. The number of nitrogens with zero attached hydrogens (tertiary/aromatic N) is 3. The van der Waals surface area contributed by atoms with E-state index in [-0.39, 0.29) is 6.17 Å². The van der Waals surface area contributed by atoms with Gasteiger partial charge in [0.05, 0.1) is 5.56 Å². The Morgan fingerprint density at radius 1 is 0.720 bits per heavy atom. The van der Waals surface area contributed by atoms with E-state index < -0.39 is 0 Å². The molecule has 5 heteroatoms. The van der Waals surface area contributed by atoms with Gasteiger partial charge in [0.1, 0.15) is 0 Å². The summed E-state index contributed by atoms with van der Waals surface area (Å²) in [4.78, 5) is 4.84. The van der Waals surface area contributed by atoms with Gasteiger partial charge in [-0.25, -0.2) is 0 Å². The maximum atomic E-state index is 6.02. The Labute approximate surface area is 155 Å². The van der Waals surface area contributed by atoms with Crippen LogP contribution in [0.1, 0.15) is 17.3 Å². The minimum atomic E-state index is -0.303. The molecule has 1 heterocycles. The van der Waals surface area contributed by atoms with E-state index in [1.165, 1.54) is 0 Å². The van der Waals surface area contributed by atoms with Crippen molar-refractivity contribution < 1.29 is 4.70 Å². The molecular formula is C20H14Cl2N3+. The average molecular weight is 367 g/mol. The van der Waals surface area contributed by atoms with E-state index >= 15 is 0 Å². The molecule has 3 aromatic rings. The first kappa shape index (κ1) is 16.0. The molecule has 0 saturated carbocycles. The fourth-order valence-corrected chi connectivity index (χ4v) is 2.94. The van der Waals surface area contributed by atoms with Gasteiger partial charge in [0.25, 0.3) is 6.17 Å². The molecule has 1 aliphatic heterocycles. The third-order valence-corrected chi connectivity index (χ3v) is 4.45. The Hall–Kier alpha value is -2.49. The van der Waals surface area contributed by atoms with Crippen molar-refractivity contribution in [2.45, 2.75) is 6.17 Å². The lowest BCUT2D eigenvalue weighted by Crippen LogP contribution is -2.12. The third-order valence-electron chi connectivity index (χ3n) is 3.94. The predicted octanol–water partition coefficient (Wildman–Crippen LogP) is 6.25. The van der Waals surface area contributed by atoms with Crippen LogP contribution in [-0.2, 0) is 0 Å². The van der Waals surface area contributed by atoms with Gasteiger partial charge in [-0.15, -0.1) is 0 Å². The highest BCUT2D eigenvalue weighted by molar-refractivity contribution is 6.30. The molecule has 0 saturated heterocycles. The number of hydrogen-bond donors (Lipinski definition) is 0. The normalized spacial score (nSPS) is 16.5. The number of aliphatic imine (C=N–C) groups is 1. The van der Waals surface area contributed by atoms with Gasteiger partial charge in [-0.05, 0) is 53.5 Å². The van der Waals surface area contributed by atoms with E-state index in [2.05, 4.69) is 0 Å². The minimum absolute atomic E-state index is 0.303. The van der Waals surface area contributed by atoms with Crippen LogP contribution in [0, 0.1) is 0 Å². The summed E-state index contributed by atoms with van der Waals surface area (Å²) in [5.74, 6) is 0.794. The van der Waals surface area contributed by atoms with Crippen molar-refractivity contribution in [3.8, 4) is 0 Å². The first-order chi connectivity index (χ1) is 12.2. The van der Waals surface area contributed by atoms with Crippen LogP contribution in [-0.4, -0.2) is 10.5 Å². The zero-order chi connectivity index (χ0) is 17.2. The summed E-state index contributed by atoms with van der Waals surface area (Å²) in [6, 6.07) is 25.2. The molecule has 25 heavy (non-hydrogen) atoms. The number of rotatable bonds is 3. The molecule has 4 rings (SSSR count). The van der Waals surface area contributed by atoms with Gasteiger partial charge < -0.3 is 0 Å². The standard InChI is InChI=1S/C20H14Cl2N3/c21-16-10-6-14(7-11-16)19-23-20(15-8-12-17(22)13-9-15)25(24-19)18-4-2-1-3-5-18/h1-13,19H/q+1. The van der Waals surface area contributed by atoms with E-state index in [1.54, 1.807) is 0 Å². The highest BCUT2D eigenvalue weighted by Gasteiger charge is 2.33. The fraction of sp³-hybridized carbons (Fsp3) is 0.0500. The van der Waals surface area contributed by atoms with Crippen LogP contribution >= 0.6 is 23.2 Å². The molecule has 1 atom stereocenters. The quantitative estimate of drug-likeness (QED) is 0.490. The topological polar surface area (TPSA) is 27.7 Å². The third kappa shape index (κ3) is 3.34. The van der Waals surface area contributed by atoms with E-state index in [4.69, 9.17) is 33.3 Å². The van der Waals surface area contributed by atoms with Crippen LogP contribution in [0.2, 0.25) is 10.0 Å². The smallest absolute Gasteiger partial charge is 0.0938 e. The average Bonchev–Trinajstić information content (AvgIpc) is 3.09. The van der Waals surface area contributed by atoms with E-state index in [0.29, 0.717) is 10.0 Å². The molecule has 3 aromatic carbocycles. The number of para-hydroxylation sites is 1. The molecule has 0 fully saturated rings. The Bertz CT molecular complexity index is 946. The van der Waals surface area contributed by atoms with Gasteiger partial charge in [-0.1, -0.05) is 63.3 Å². The van der Waals surface area contributed by atoms with E-state index in [1.807, 2.05) is 83.6 Å². The summed E-state index contributed by atoms with van der Waals surface area (Å²) in [5, 5.41) is 6.18. The summed E-state index contributed by atoms with van der Waals surface area (Å²) < 4.78 is 1.88. The molecule has 0 amide bonds. The van der Waals surface area contributed by atoms with Gasteiger partial charge in [0.15, 0.2) is 5.69 Å². The number of azo groups is 2. The van der Waals surface area contributed by atoms with Gasteiger partial charge in [-0.3, -0.25) is 0 Å². The Morgan fingerprint density at radius 2 is 1.32 bits per heavy atom. The molecule has 0 aromatic heterocycles. The van der Waals surface area contributed by atoms with Crippen molar-refractivity contribution >= 4 is 34.7 Å². The van der Waals surface area contributed by atoms with Gasteiger partial charge in [0, 0.05) is 15.6 Å². The summed E-state index contributed by atoms with van der Waals surface area (Å²) in [6.07, 6.45) is -0.303. The van der Waals surface area contributed by atoms with Crippen molar-refractivity contribution in [1.29, 1.82) is 0 Å². The molecule has 0 radical (unpaired) electrons. The van der Waals surface area contributed by atoms with Crippen molar-refractivity contribution in [3.63, 3.8) is 0 Å². The second kappa shape index (κ2) is 6.79. The largest absolute Gasteiger partial charge is 0.353 e. The SMILES string of the molecule is Clc1ccc(C2=NC(c3ccc(Cl)cc3)N=[N+]2c2ccccc2)cc1. The number of halogens is 2. The first-order valence-corrected chi connectivity index (χ1v) is 8.61. The first-order valence-electron chi connectivity index (χ1n) is 7.86. The molecule has 0 N–H and O–H groups in total. The molecular weight excluding hydrogens is 353 g/mol. The Kier molecular flexibility index (Phi) is 4.35. The number of amidine groups is 1. The van der Waals surface area contributed by atoms with E-state index in [0.717, 1.165) is 22.6 Å². The zero-order valence-corrected chi connectivity index (χ0v) is 14.7. The van der Waals surface area contributed by atoms with Gasteiger partial charge in [0.2, 0.25) is 0 Å². The lowest BCUT2D eigenvalue weighted by Gasteiger charge is -2.01. The Balaban J connectivity index is 1.80. The molecule has 122 valence electrons. The van der Waals surface area contributed by atoms with E-state index in [9.17, 15) is 0 Å². The molecule has 1 unspecified atom stereocenters. The highest BCUT2D eigenvalue weighted by atomic mass is 35.5. The minimum Gasteiger partial charge on any atom is -0.0938 e. The molecule has 0 spiro atoms. The lowest BCUT2D eigenvalue weighted by molar-refractivity contribution is -0.385. The maximum absolute atomic E-state index is 6.02.